The maximum atomic E-state index is 11.7. The molecule has 0 aromatic carbocycles. The van der Waals surface area contributed by atoms with Crippen molar-refractivity contribution in [1.82, 2.24) is 0 Å². The summed E-state index contributed by atoms with van der Waals surface area (Å²) >= 11 is 0. The Kier molecular flexibility index (Phi) is 2.34. The fourth-order valence-electron chi connectivity index (χ4n) is 1.52. The van der Waals surface area contributed by atoms with Crippen LogP contribution in [-0.4, -0.2) is 17.5 Å². The van der Waals surface area contributed by atoms with Crippen molar-refractivity contribution in [3.05, 3.63) is 0 Å². The molecule has 2 atom stereocenters. The average Bonchev–Trinajstić information content (AvgIpc) is 2.58. The molecule has 4 heteroatoms. The van der Waals surface area contributed by atoms with Gasteiger partial charge in [-0.25, -0.2) is 0 Å². The van der Waals surface area contributed by atoms with Crippen molar-refractivity contribution >= 4 is 11.9 Å². The van der Waals surface area contributed by atoms with Crippen LogP contribution in [0, 0.1) is 11.3 Å². The molecule has 0 heterocycles. The van der Waals surface area contributed by atoms with Gasteiger partial charge in [-0.1, -0.05) is 6.92 Å². The minimum Gasteiger partial charge on any atom is -0.459 e. The van der Waals surface area contributed by atoms with E-state index in [-0.39, 0.29) is 5.92 Å². The number of primary amides is 1. The molecule has 1 aliphatic carbocycles. The highest BCUT2D eigenvalue weighted by Crippen LogP contribution is 2.53. The van der Waals surface area contributed by atoms with E-state index in [9.17, 15) is 9.59 Å². The SMILES string of the molecule is C[C@@H]1C[C@]1(C(N)=O)C(=O)OC(C)(C)C. The van der Waals surface area contributed by atoms with E-state index in [1.54, 1.807) is 20.8 Å². The van der Waals surface area contributed by atoms with Gasteiger partial charge in [0.05, 0.1) is 0 Å². The Morgan fingerprint density at radius 2 is 1.86 bits per heavy atom. The number of nitrogens with two attached hydrogens (primary N) is 1. The number of carbonyl (C=O) groups is 2. The first-order valence-corrected chi connectivity index (χ1v) is 4.73. The molecule has 0 bridgehead atoms. The predicted octanol–water partition coefficient (Wildman–Crippen LogP) is 0.840. The number of esters is 1. The third-order valence-corrected chi connectivity index (χ3v) is 2.51. The van der Waals surface area contributed by atoms with Gasteiger partial charge in [-0.2, -0.15) is 0 Å². The second kappa shape index (κ2) is 2.97. The van der Waals surface area contributed by atoms with Crippen molar-refractivity contribution in [3.8, 4) is 0 Å². The molecule has 1 amide bonds. The molecular weight excluding hydrogens is 182 g/mol. The van der Waals surface area contributed by atoms with Crippen molar-refractivity contribution in [2.45, 2.75) is 39.7 Å². The van der Waals surface area contributed by atoms with Gasteiger partial charge in [0.2, 0.25) is 5.91 Å². The zero-order valence-corrected chi connectivity index (χ0v) is 9.09. The number of rotatable bonds is 2. The third kappa shape index (κ3) is 1.74. The Morgan fingerprint density at radius 1 is 1.43 bits per heavy atom. The van der Waals surface area contributed by atoms with E-state index in [0.717, 1.165) is 0 Å². The van der Waals surface area contributed by atoms with Crippen LogP contribution in [0.4, 0.5) is 0 Å². The number of hydrogen-bond donors (Lipinski definition) is 1. The molecule has 14 heavy (non-hydrogen) atoms. The van der Waals surface area contributed by atoms with Crippen molar-refractivity contribution in [3.63, 3.8) is 0 Å². The van der Waals surface area contributed by atoms with Gasteiger partial charge in [-0.05, 0) is 33.1 Å². The van der Waals surface area contributed by atoms with Crippen molar-refractivity contribution in [2.75, 3.05) is 0 Å². The summed E-state index contributed by atoms with van der Waals surface area (Å²) in [5.74, 6) is -1.04. The third-order valence-electron chi connectivity index (χ3n) is 2.51. The normalized spacial score (nSPS) is 31.0. The number of amides is 1. The molecule has 0 aromatic rings. The van der Waals surface area contributed by atoms with Crippen molar-refractivity contribution < 1.29 is 14.3 Å². The van der Waals surface area contributed by atoms with Gasteiger partial charge in [0.15, 0.2) is 0 Å². The lowest BCUT2D eigenvalue weighted by molar-refractivity contribution is -0.164. The molecule has 80 valence electrons. The van der Waals surface area contributed by atoms with E-state index in [1.807, 2.05) is 6.92 Å². The van der Waals surface area contributed by atoms with Gasteiger partial charge >= 0.3 is 5.97 Å². The molecule has 0 saturated heterocycles. The van der Waals surface area contributed by atoms with E-state index in [4.69, 9.17) is 10.5 Å². The second-order valence-corrected chi connectivity index (χ2v) is 4.94. The van der Waals surface area contributed by atoms with Crippen LogP contribution < -0.4 is 5.73 Å². The van der Waals surface area contributed by atoms with Crippen LogP contribution in [0.2, 0.25) is 0 Å². The Bertz CT molecular complexity index is 280. The van der Waals surface area contributed by atoms with Crippen LogP contribution in [0.25, 0.3) is 0 Å². The summed E-state index contributed by atoms with van der Waals surface area (Å²) in [5, 5.41) is 0. The first-order valence-electron chi connectivity index (χ1n) is 4.73. The fourth-order valence-corrected chi connectivity index (χ4v) is 1.52. The van der Waals surface area contributed by atoms with Crippen LogP contribution in [0.3, 0.4) is 0 Å². The van der Waals surface area contributed by atoms with E-state index < -0.39 is 22.9 Å². The minimum absolute atomic E-state index is 0.00912. The largest absolute Gasteiger partial charge is 0.459 e. The van der Waals surface area contributed by atoms with Crippen molar-refractivity contribution in [2.24, 2.45) is 17.1 Å². The maximum Gasteiger partial charge on any atom is 0.322 e. The number of hydrogen-bond acceptors (Lipinski definition) is 3. The van der Waals surface area contributed by atoms with Crippen LogP contribution in [-0.2, 0) is 14.3 Å². The second-order valence-electron chi connectivity index (χ2n) is 4.94. The molecule has 0 spiro atoms. The summed E-state index contributed by atoms with van der Waals surface area (Å²) in [6.45, 7) is 7.14. The van der Waals surface area contributed by atoms with Gasteiger partial charge in [0.25, 0.3) is 0 Å². The van der Waals surface area contributed by atoms with Crippen LogP contribution in [0.15, 0.2) is 0 Å². The topological polar surface area (TPSA) is 69.4 Å². The Morgan fingerprint density at radius 3 is 2.07 bits per heavy atom. The van der Waals surface area contributed by atoms with Crippen LogP contribution >= 0.6 is 0 Å². The Hall–Kier alpha value is -1.06. The maximum absolute atomic E-state index is 11.7. The molecule has 0 unspecified atom stereocenters. The minimum atomic E-state index is -1.05. The van der Waals surface area contributed by atoms with E-state index in [1.165, 1.54) is 0 Å². The predicted molar refractivity (Wildman–Crippen MR) is 51.3 cm³/mol. The van der Waals surface area contributed by atoms with Crippen LogP contribution in [0.5, 0.6) is 0 Å². The highest BCUT2D eigenvalue weighted by molar-refractivity contribution is 6.05. The molecular formula is C10H17NO3. The molecule has 0 radical (unpaired) electrons. The summed E-state index contributed by atoms with van der Waals surface area (Å²) in [4.78, 5) is 22.8. The zero-order valence-electron chi connectivity index (χ0n) is 9.09. The fraction of sp³-hybridized carbons (Fsp3) is 0.800. The lowest BCUT2D eigenvalue weighted by Crippen LogP contribution is -2.38. The standard InChI is InChI=1S/C10H17NO3/c1-6-5-10(6,7(11)12)8(13)14-9(2,3)4/h6H,5H2,1-4H3,(H2,11,12)/t6-,10+/m1/s1. The van der Waals surface area contributed by atoms with Gasteiger partial charge in [-0.15, -0.1) is 0 Å². The number of carbonyl (C=O) groups excluding carboxylic acids is 2. The molecule has 1 saturated carbocycles. The highest BCUT2D eigenvalue weighted by Gasteiger charge is 2.64. The summed E-state index contributed by atoms with van der Waals surface area (Å²) in [6, 6.07) is 0. The quantitative estimate of drug-likeness (QED) is 0.529. The monoisotopic (exact) mass is 199 g/mol. The van der Waals surface area contributed by atoms with Gasteiger partial charge < -0.3 is 10.5 Å². The summed E-state index contributed by atoms with van der Waals surface area (Å²) in [6.07, 6.45) is 0.511. The van der Waals surface area contributed by atoms with Gasteiger partial charge in [0, 0.05) is 0 Å². The molecule has 1 rings (SSSR count). The average molecular weight is 199 g/mol. The molecule has 4 nitrogen and oxygen atoms in total. The molecule has 0 aromatic heterocycles. The first kappa shape index (κ1) is 11.0. The van der Waals surface area contributed by atoms with Crippen molar-refractivity contribution in [1.29, 1.82) is 0 Å². The summed E-state index contributed by atoms with van der Waals surface area (Å²) in [7, 11) is 0. The molecule has 1 fully saturated rings. The zero-order chi connectivity index (χ0) is 11.1. The van der Waals surface area contributed by atoms with Gasteiger partial charge in [0.1, 0.15) is 11.0 Å². The highest BCUT2D eigenvalue weighted by atomic mass is 16.6. The first-order chi connectivity index (χ1) is 6.20. The summed E-state index contributed by atoms with van der Waals surface area (Å²) in [5.41, 5.74) is 3.59. The Labute approximate surface area is 83.8 Å². The number of ether oxygens (including phenoxy) is 1. The van der Waals surface area contributed by atoms with Gasteiger partial charge in [-0.3, -0.25) is 9.59 Å². The lowest BCUT2D eigenvalue weighted by Gasteiger charge is -2.22. The van der Waals surface area contributed by atoms with Crippen LogP contribution in [0.1, 0.15) is 34.1 Å². The van der Waals surface area contributed by atoms with E-state index in [0.29, 0.717) is 6.42 Å². The smallest absolute Gasteiger partial charge is 0.322 e. The van der Waals surface area contributed by atoms with E-state index >= 15 is 0 Å². The Balaban J connectivity index is 2.75. The summed E-state index contributed by atoms with van der Waals surface area (Å²) < 4.78 is 5.16. The molecule has 2 N–H and O–H groups in total. The molecule has 0 aliphatic heterocycles. The lowest BCUT2D eigenvalue weighted by atomic mass is 10.0. The van der Waals surface area contributed by atoms with E-state index in [2.05, 4.69) is 0 Å². The molecule has 1 aliphatic rings.